The zero-order valence-corrected chi connectivity index (χ0v) is 13.2. The van der Waals surface area contributed by atoms with Crippen LogP contribution in [0.1, 0.15) is 38.2 Å². The molecule has 1 atom stereocenters. The number of carbonyl (C=O) groups excluding carboxylic acids is 2. The van der Waals surface area contributed by atoms with Gasteiger partial charge in [-0.25, -0.2) is 4.79 Å². The van der Waals surface area contributed by atoms with Gasteiger partial charge < -0.3 is 16.0 Å². The van der Waals surface area contributed by atoms with Crippen LogP contribution in [0.5, 0.6) is 0 Å². The fraction of sp³-hybridized carbons (Fsp3) is 0.529. The van der Waals surface area contributed by atoms with Crippen LogP contribution < -0.4 is 11.1 Å². The van der Waals surface area contributed by atoms with Crippen LogP contribution in [-0.2, 0) is 11.2 Å². The molecule has 0 radical (unpaired) electrons. The zero-order chi connectivity index (χ0) is 15.9. The number of benzene rings is 1. The van der Waals surface area contributed by atoms with Crippen molar-refractivity contribution in [3.05, 3.63) is 29.8 Å². The smallest absolute Gasteiger partial charge is 0.321 e. The van der Waals surface area contributed by atoms with E-state index in [2.05, 4.69) is 12.2 Å². The van der Waals surface area contributed by atoms with Crippen molar-refractivity contribution in [1.29, 1.82) is 0 Å². The van der Waals surface area contributed by atoms with Crippen LogP contribution in [0.2, 0.25) is 0 Å². The maximum absolute atomic E-state index is 12.3. The minimum atomic E-state index is -0.293. The van der Waals surface area contributed by atoms with Crippen molar-refractivity contribution in [3.63, 3.8) is 0 Å². The van der Waals surface area contributed by atoms with E-state index in [1.54, 1.807) is 4.90 Å². The molecule has 3 amide bonds. The highest BCUT2D eigenvalue weighted by Crippen LogP contribution is 2.20. The van der Waals surface area contributed by atoms with Gasteiger partial charge in [0, 0.05) is 25.2 Å². The molecule has 2 rings (SSSR count). The van der Waals surface area contributed by atoms with E-state index in [4.69, 9.17) is 5.73 Å². The summed E-state index contributed by atoms with van der Waals surface area (Å²) in [4.78, 5) is 25.1. The number of likely N-dealkylation sites (tertiary alicyclic amines) is 1. The molecule has 0 bridgehead atoms. The van der Waals surface area contributed by atoms with E-state index in [0.717, 1.165) is 37.9 Å². The van der Waals surface area contributed by atoms with Gasteiger partial charge in [-0.15, -0.1) is 0 Å². The highest BCUT2D eigenvalue weighted by atomic mass is 16.2. The molecule has 22 heavy (non-hydrogen) atoms. The lowest BCUT2D eigenvalue weighted by Gasteiger charge is -2.32. The number of urea groups is 1. The first-order chi connectivity index (χ1) is 10.6. The van der Waals surface area contributed by atoms with E-state index in [1.165, 1.54) is 5.56 Å². The Kier molecular flexibility index (Phi) is 5.81. The highest BCUT2D eigenvalue weighted by Gasteiger charge is 2.24. The number of nitrogens with zero attached hydrogens (tertiary/aromatic N) is 1. The minimum absolute atomic E-state index is 0.0996. The predicted octanol–water partition coefficient (Wildman–Crippen LogP) is 2.76. The molecule has 0 aliphatic carbocycles. The van der Waals surface area contributed by atoms with Crippen molar-refractivity contribution in [1.82, 2.24) is 4.90 Å². The van der Waals surface area contributed by atoms with Crippen molar-refractivity contribution >= 4 is 17.6 Å². The van der Waals surface area contributed by atoms with Gasteiger partial charge in [-0.1, -0.05) is 25.5 Å². The number of anilines is 1. The average molecular weight is 303 g/mol. The minimum Gasteiger partial charge on any atom is -0.370 e. The summed E-state index contributed by atoms with van der Waals surface area (Å²) >= 11 is 0. The van der Waals surface area contributed by atoms with Crippen molar-refractivity contribution in [2.75, 3.05) is 18.4 Å². The van der Waals surface area contributed by atoms with Crippen molar-refractivity contribution < 1.29 is 9.59 Å². The number of hydrogen-bond donors (Lipinski definition) is 2. The number of carbonyl (C=O) groups is 2. The molecule has 0 aromatic heterocycles. The molecule has 0 spiro atoms. The topological polar surface area (TPSA) is 75.4 Å². The number of piperidine rings is 1. The molecule has 3 N–H and O–H groups in total. The lowest BCUT2D eigenvalue weighted by atomic mass is 9.95. The third-order valence-electron chi connectivity index (χ3n) is 4.04. The molecule has 1 heterocycles. The summed E-state index contributed by atoms with van der Waals surface area (Å²) in [6.45, 7) is 3.48. The molecular weight excluding hydrogens is 278 g/mol. The van der Waals surface area contributed by atoms with Crippen LogP contribution in [0.3, 0.4) is 0 Å². The Labute approximate surface area is 131 Å². The van der Waals surface area contributed by atoms with Gasteiger partial charge in [-0.3, -0.25) is 4.79 Å². The Bertz CT molecular complexity index is 513. The lowest BCUT2D eigenvalue weighted by molar-refractivity contribution is -0.119. The second-order valence-electron chi connectivity index (χ2n) is 6.00. The Hall–Kier alpha value is -2.04. The number of aryl methyl sites for hydroxylation is 1. The fourth-order valence-electron chi connectivity index (χ4n) is 2.95. The van der Waals surface area contributed by atoms with Crippen molar-refractivity contribution in [3.8, 4) is 0 Å². The summed E-state index contributed by atoms with van der Waals surface area (Å²) < 4.78 is 0. The molecule has 1 aromatic rings. The van der Waals surface area contributed by atoms with Gasteiger partial charge in [0.15, 0.2) is 0 Å². The Morgan fingerprint density at radius 3 is 2.68 bits per heavy atom. The van der Waals surface area contributed by atoms with Crippen LogP contribution in [0.15, 0.2) is 24.3 Å². The summed E-state index contributed by atoms with van der Waals surface area (Å²) in [6, 6.07) is 7.87. The van der Waals surface area contributed by atoms with Crippen LogP contribution >= 0.6 is 0 Å². The second kappa shape index (κ2) is 7.82. The Balaban J connectivity index is 1.89. The van der Waals surface area contributed by atoms with Gasteiger partial charge in [0.2, 0.25) is 5.91 Å². The Morgan fingerprint density at radius 1 is 1.32 bits per heavy atom. The van der Waals surface area contributed by atoms with Crippen molar-refractivity contribution in [2.24, 2.45) is 11.7 Å². The van der Waals surface area contributed by atoms with Crippen LogP contribution in [-0.4, -0.2) is 29.9 Å². The number of nitrogens with one attached hydrogen (secondary N) is 1. The summed E-state index contributed by atoms with van der Waals surface area (Å²) in [6.07, 6.45) is 4.39. The summed E-state index contributed by atoms with van der Waals surface area (Å²) in [5, 5.41) is 2.93. The van der Waals surface area contributed by atoms with Gasteiger partial charge in [-0.05, 0) is 42.9 Å². The van der Waals surface area contributed by atoms with Crippen LogP contribution in [0, 0.1) is 5.92 Å². The number of nitrogens with two attached hydrogens (primary N) is 1. The lowest BCUT2D eigenvalue weighted by Crippen LogP contribution is -2.43. The molecule has 1 saturated heterocycles. The monoisotopic (exact) mass is 303 g/mol. The Morgan fingerprint density at radius 2 is 2.05 bits per heavy atom. The molecule has 1 fully saturated rings. The molecule has 0 saturated carbocycles. The number of primary amides is 1. The molecule has 1 aliphatic rings. The summed E-state index contributed by atoms with van der Waals surface area (Å²) in [5.74, 6) is -0.109. The quantitative estimate of drug-likeness (QED) is 0.877. The molecule has 120 valence electrons. The van der Waals surface area contributed by atoms with Crippen LogP contribution in [0.25, 0.3) is 0 Å². The largest absolute Gasteiger partial charge is 0.370 e. The van der Waals surface area contributed by atoms with E-state index in [0.29, 0.717) is 13.0 Å². The molecule has 1 unspecified atom stereocenters. The summed E-state index contributed by atoms with van der Waals surface area (Å²) in [7, 11) is 0. The molecular formula is C17H25N3O2. The van der Waals surface area contributed by atoms with E-state index in [1.807, 2.05) is 24.3 Å². The molecule has 5 nitrogen and oxygen atoms in total. The standard InChI is InChI=1S/C17H25N3O2/c1-2-4-13-6-8-15(9-7-13)19-17(22)20-10-3-5-14(12-20)11-16(18)21/h6-9,14H,2-5,10-12H2,1H3,(H2,18,21)(H,19,22). The average Bonchev–Trinajstić information content (AvgIpc) is 2.49. The fourth-order valence-corrected chi connectivity index (χ4v) is 2.95. The predicted molar refractivity (Wildman–Crippen MR) is 87.6 cm³/mol. The normalized spacial score (nSPS) is 18.0. The molecule has 1 aromatic carbocycles. The van der Waals surface area contributed by atoms with Gasteiger partial charge >= 0.3 is 6.03 Å². The molecule has 1 aliphatic heterocycles. The van der Waals surface area contributed by atoms with Gasteiger partial charge in [0.05, 0.1) is 0 Å². The van der Waals surface area contributed by atoms with Crippen LogP contribution in [0.4, 0.5) is 10.5 Å². The maximum Gasteiger partial charge on any atom is 0.321 e. The van der Waals surface area contributed by atoms with Gasteiger partial charge in [-0.2, -0.15) is 0 Å². The van der Waals surface area contributed by atoms with E-state index in [9.17, 15) is 9.59 Å². The first-order valence-electron chi connectivity index (χ1n) is 8.01. The summed E-state index contributed by atoms with van der Waals surface area (Å²) in [5.41, 5.74) is 7.33. The second-order valence-corrected chi connectivity index (χ2v) is 6.00. The van der Waals surface area contributed by atoms with Gasteiger partial charge in [0.25, 0.3) is 0 Å². The molecule has 5 heteroatoms. The first-order valence-corrected chi connectivity index (χ1v) is 8.01. The highest BCUT2D eigenvalue weighted by molar-refractivity contribution is 5.89. The number of amides is 3. The van der Waals surface area contributed by atoms with Gasteiger partial charge in [0.1, 0.15) is 0 Å². The zero-order valence-electron chi connectivity index (χ0n) is 13.2. The first kappa shape index (κ1) is 16.3. The SMILES string of the molecule is CCCc1ccc(NC(=O)N2CCCC(CC(N)=O)C2)cc1. The van der Waals surface area contributed by atoms with E-state index in [-0.39, 0.29) is 17.9 Å². The van der Waals surface area contributed by atoms with E-state index >= 15 is 0 Å². The van der Waals surface area contributed by atoms with E-state index < -0.39 is 0 Å². The van der Waals surface area contributed by atoms with Crippen molar-refractivity contribution in [2.45, 2.75) is 39.0 Å². The third-order valence-corrected chi connectivity index (χ3v) is 4.04. The number of rotatable bonds is 5. The third kappa shape index (κ3) is 4.76. The number of hydrogen-bond acceptors (Lipinski definition) is 2. The maximum atomic E-state index is 12.3.